The van der Waals surface area contributed by atoms with Crippen LogP contribution in [0.25, 0.3) is 0 Å². The molecule has 116 valence electrons. The van der Waals surface area contributed by atoms with Crippen molar-refractivity contribution in [2.45, 2.75) is 96.5 Å². The van der Waals surface area contributed by atoms with E-state index < -0.39 is 0 Å². The molecule has 2 heteroatoms. The smallest absolute Gasteiger partial charge is 0.306 e. The monoisotopic (exact) mass is 280 g/mol. The van der Waals surface area contributed by atoms with Gasteiger partial charge >= 0.3 is 5.97 Å². The highest BCUT2D eigenvalue weighted by Gasteiger charge is 2.34. The second-order valence-corrected chi connectivity index (χ2v) is 6.83. The normalized spacial score (nSPS) is 28.2. The van der Waals surface area contributed by atoms with E-state index in [2.05, 4.69) is 6.92 Å². The van der Waals surface area contributed by atoms with Crippen LogP contribution in [0.15, 0.2) is 0 Å². The minimum atomic E-state index is 0.0613. The van der Waals surface area contributed by atoms with Crippen LogP contribution in [0.5, 0.6) is 0 Å². The first-order chi connectivity index (χ1) is 9.81. The minimum Gasteiger partial charge on any atom is -0.462 e. The van der Waals surface area contributed by atoms with Gasteiger partial charge in [-0.25, -0.2) is 0 Å². The molecule has 0 aliphatic heterocycles. The van der Waals surface area contributed by atoms with Crippen LogP contribution in [0.2, 0.25) is 0 Å². The molecular weight excluding hydrogens is 248 g/mol. The molecule has 0 spiro atoms. The SMILES string of the molecule is CCCCCC(=O)O[C@@H]1CCCC[C@@H]1C1CCCCC1. The van der Waals surface area contributed by atoms with Crippen LogP contribution in [-0.4, -0.2) is 12.1 Å². The molecule has 20 heavy (non-hydrogen) atoms. The van der Waals surface area contributed by atoms with Gasteiger partial charge in [-0.3, -0.25) is 4.79 Å². The Labute approximate surface area is 124 Å². The maximum atomic E-state index is 12.0. The lowest BCUT2D eigenvalue weighted by Crippen LogP contribution is -2.35. The third-order valence-corrected chi connectivity index (χ3v) is 5.28. The van der Waals surface area contributed by atoms with Gasteiger partial charge in [-0.1, -0.05) is 58.3 Å². The summed E-state index contributed by atoms with van der Waals surface area (Å²) in [5.74, 6) is 1.56. The molecule has 2 fully saturated rings. The van der Waals surface area contributed by atoms with Crippen LogP contribution >= 0.6 is 0 Å². The number of hydrogen-bond donors (Lipinski definition) is 0. The Kier molecular flexibility index (Phi) is 6.89. The van der Waals surface area contributed by atoms with Crippen LogP contribution in [0.4, 0.5) is 0 Å². The van der Waals surface area contributed by atoms with Crippen LogP contribution in [0.3, 0.4) is 0 Å². The van der Waals surface area contributed by atoms with Gasteiger partial charge in [0.15, 0.2) is 0 Å². The van der Waals surface area contributed by atoms with E-state index in [1.54, 1.807) is 0 Å². The molecule has 0 radical (unpaired) electrons. The van der Waals surface area contributed by atoms with Crippen molar-refractivity contribution in [3.8, 4) is 0 Å². The fourth-order valence-corrected chi connectivity index (χ4v) is 4.12. The van der Waals surface area contributed by atoms with Crippen LogP contribution in [0, 0.1) is 11.8 Å². The first kappa shape index (κ1) is 15.9. The second kappa shape index (κ2) is 8.69. The highest BCUT2D eigenvalue weighted by molar-refractivity contribution is 5.69. The van der Waals surface area contributed by atoms with E-state index in [-0.39, 0.29) is 12.1 Å². The Bertz CT molecular complexity index is 281. The molecule has 0 amide bonds. The van der Waals surface area contributed by atoms with Crippen molar-refractivity contribution in [2.75, 3.05) is 0 Å². The molecule has 2 aliphatic carbocycles. The first-order valence-electron chi connectivity index (χ1n) is 9.00. The Balaban J connectivity index is 1.81. The number of rotatable bonds is 6. The molecular formula is C18H32O2. The molecule has 0 N–H and O–H groups in total. The third kappa shape index (κ3) is 4.79. The number of hydrogen-bond acceptors (Lipinski definition) is 2. The second-order valence-electron chi connectivity index (χ2n) is 6.83. The average molecular weight is 280 g/mol. The molecule has 2 atom stereocenters. The summed E-state index contributed by atoms with van der Waals surface area (Å²) < 4.78 is 5.86. The van der Waals surface area contributed by atoms with E-state index in [1.165, 1.54) is 57.8 Å². The fraction of sp³-hybridized carbons (Fsp3) is 0.944. The summed E-state index contributed by atoms with van der Waals surface area (Å²) >= 11 is 0. The maximum Gasteiger partial charge on any atom is 0.306 e. The van der Waals surface area contributed by atoms with E-state index >= 15 is 0 Å². The topological polar surface area (TPSA) is 26.3 Å². The van der Waals surface area contributed by atoms with Crippen molar-refractivity contribution >= 4 is 5.97 Å². The lowest BCUT2D eigenvalue weighted by molar-refractivity contribution is -0.155. The molecule has 0 saturated heterocycles. The summed E-state index contributed by atoms with van der Waals surface area (Å²) in [4.78, 5) is 12.0. The summed E-state index contributed by atoms with van der Waals surface area (Å²) in [7, 11) is 0. The molecule has 2 saturated carbocycles. The van der Waals surface area contributed by atoms with Gasteiger partial charge in [0.05, 0.1) is 0 Å². The number of carbonyl (C=O) groups excluding carboxylic acids is 1. The molecule has 2 nitrogen and oxygen atoms in total. The van der Waals surface area contributed by atoms with Gasteiger partial charge in [0.2, 0.25) is 0 Å². The van der Waals surface area contributed by atoms with Crippen molar-refractivity contribution in [3.63, 3.8) is 0 Å². The van der Waals surface area contributed by atoms with Crippen molar-refractivity contribution in [1.82, 2.24) is 0 Å². The number of carbonyl (C=O) groups is 1. The molecule has 0 heterocycles. The zero-order valence-corrected chi connectivity index (χ0v) is 13.2. The van der Waals surface area contributed by atoms with Gasteiger partial charge in [0, 0.05) is 6.42 Å². The summed E-state index contributed by atoms with van der Waals surface area (Å²) in [6, 6.07) is 0. The van der Waals surface area contributed by atoms with Gasteiger partial charge in [0.1, 0.15) is 6.10 Å². The number of ether oxygens (including phenoxy) is 1. The Morgan fingerprint density at radius 3 is 2.40 bits per heavy atom. The van der Waals surface area contributed by atoms with E-state index in [0.29, 0.717) is 12.3 Å². The highest BCUT2D eigenvalue weighted by Crippen LogP contribution is 2.39. The quantitative estimate of drug-likeness (QED) is 0.490. The van der Waals surface area contributed by atoms with Crippen molar-refractivity contribution < 1.29 is 9.53 Å². The third-order valence-electron chi connectivity index (χ3n) is 5.28. The van der Waals surface area contributed by atoms with Gasteiger partial charge in [0.25, 0.3) is 0 Å². The molecule has 2 aliphatic rings. The Morgan fingerprint density at radius 1 is 0.950 bits per heavy atom. The van der Waals surface area contributed by atoms with E-state index in [1.807, 2.05) is 0 Å². The molecule has 0 bridgehead atoms. The minimum absolute atomic E-state index is 0.0613. The summed E-state index contributed by atoms with van der Waals surface area (Å²) in [5, 5.41) is 0. The summed E-state index contributed by atoms with van der Waals surface area (Å²) in [5.41, 5.74) is 0. The van der Waals surface area contributed by atoms with Crippen molar-refractivity contribution in [1.29, 1.82) is 0 Å². The highest BCUT2D eigenvalue weighted by atomic mass is 16.5. The van der Waals surface area contributed by atoms with Crippen molar-refractivity contribution in [3.05, 3.63) is 0 Å². The van der Waals surface area contributed by atoms with Crippen LogP contribution in [-0.2, 0) is 9.53 Å². The Hall–Kier alpha value is -0.530. The molecule has 0 aromatic rings. The lowest BCUT2D eigenvalue weighted by Gasteiger charge is -2.38. The Morgan fingerprint density at radius 2 is 1.65 bits per heavy atom. The summed E-state index contributed by atoms with van der Waals surface area (Å²) in [6.07, 6.45) is 16.1. The standard InChI is InChI=1S/C18H32O2/c1-2-3-5-14-18(19)20-17-13-9-8-12-16(17)15-10-6-4-7-11-15/h15-17H,2-14H2,1H3/t16-,17-/m1/s1. The summed E-state index contributed by atoms with van der Waals surface area (Å²) in [6.45, 7) is 2.17. The lowest BCUT2D eigenvalue weighted by atomic mass is 9.72. The van der Waals surface area contributed by atoms with Crippen molar-refractivity contribution in [2.24, 2.45) is 11.8 Å². The van der Waals surface area contributed by atoms with Gasteiger partial charge in [-0.05, 0) is 37.5 Å². The van der Waals surface area contributed by atoms with E-state index in [0.717, 1.165) is 25.2 Å². The van der Waals surface area contributed by atoms with Gasteiger partial charge in [-0.15, -0.1) is 0 Å². The predicted molar refractivity (Wildman–Crippen MR) is 82.6 cm³/mol. The first-order valence-corrected chi connectivity index (χ1v) is 9.00. The zero-order valence-electron chi connectivity index (χ0n) is 13.2. The van der Waals surface area contributed by atoms with Crippen LogP contribution < -0.4 is 0 Å². The molecule has 0 aromatic carbocycles. The van der Waals surface area contributed by atoms with Crippen LogP contribution in [0.1, 0.15) is 90.4 Å². The molecule has 0 aromatic heterocycles. The average Bonchev–Trinajstić information content (AvgIpc) is 2.49. The van der Waals surface area contributed by atoms with E-state index in [9.17, 15) is 4.79 Å². The number of esters is 1. The van der Waals surface area contributed by atoms with Gasteiger partial charge in [-0.2, -0.15) is 0 Å². The predicted octanol–water partition coefficient (Wildman–Crippen LogP) is 5.25. The largest absolute Gasteiger partial charge is 0.462 e. The van der Waals surface area contributed by atoms with E-state index in [4.69, 9.17) is 4.74 Å². The number of unbranched alkanes of at least 4 members (excludes halogenated alkanes) is 2. The maximum absolute atomic E-state index is 12.0. The fourth-order valence-electron chi connectivity index (χ4n) is 4.12. The molecule has 0 unspecified atom stereocenters. The zero-order chi connectivity index (χ0) is 14.2. The molecule has 2 rings (SSSR count). The van der Waals surface area contributed by atoms with Gasteiger partial charge < -0.3 is 4.74 Å².